The number of halogens is 1. The molecule has 3 rings (SSSR count). The normalized spacial score (nSPS) is 18.3. The molecule has 0 bridgehead atoms. The van der Waals surface area contributed by atoms with Crippen LogP contribution in [0.15, 0.2) is 22.9 Å². The Kier molecular flexibility index (Phi) is 3.99. The highest BCUT2D eigenvalue weighted by Gasteiger charge is 2.32. The van der Waals surface area contributed by atoms with Crippen LogP contribution in [-0.2, 0) is 0 Å². The Bertz CT molecular complexity index is 658. The summed E-state index contributed by atoms with van der Waals surface area (Å²) in [6.45, 7) is 2.34. The minimum Gasteiger partial charge on any atom is -0.337 e. The number of nitrogens with zero attached hydrogens (tertiary/aromatic N) is 4. The molecule has 0 radical (unpaired) electrons. The summed E-state index contributed by atoms with van der Waals surface area (Å²) in [5.74, 6) is 0.406. The first-order valence-electron chi connectivity index (χ1n) is 7.13. The Hall–Kier alpha value is -2.51. The van der Waals surface area contributed by atoms with Gasteiger partial charge in [0, 0.05) is 6.54 Å². The molecular formula is C14H16FN5O2. The van der Waals surface area contributed by atoms with Crippen LogP contribution in [0, 0.1) is 12.9 Å². The highest BCUT2D eigenvalue weighted by molar-refractivity contribution is 5.89. The number of hydrogen-bond acceptors (Lipinski definition) is 5. The van der Waals surface area contributed by atoms with Crippen molar-refractivity contribution in [3.8, 4) is 0 Å². The minimum absolute atomic E-state index is 0.233. The second-order valence-corrected chi connectivity index (χ2v) is 5.18. The van der Waals surface area contributed by atoms with Crippen LogP contribution in [0.4, 0.5) is 14.9 Å². The topological polar surface area (TPSA) is 84.2 Å². The zero-order valence-corrected chi connectivity index (χ0v) is 12.1. The fraction of sp³-hybridized carbons (Fsp3) is 0.429. The van der Waals surface area contributed by atoms with Crippen molar-refractivity contribution in [2.24, 2.45) is 0 Å². The van der Waals surface area contributed by atoms with Gasteiger partial charge < -0.3 is 14.7 Å². The molecule has 0 spiro atoms. The first-order chi connectivity index (χ1) is 10.6. The number of aryl methyl sites for hydroxylation is 1. The number of urea groups is 1. The fourth-order valence-electron chi connectivity index (χ4n) is 2.52. The zero-order valence-electron chi connectivity index (χ0n) is 12.1. The summed E-state index contributed by atoms with van der Waals surface area (Å²) in [7, 11) is 0. The number of likely N-dealkylation sites (tertiary alicyclic amines) is 1. The zero-order chi connectivity index (χ0) is 15.5. The highest BCUT2D eigenvalue weighted by atomic mass is 19.1. The summed E-state index contributed by atoms with van der Waals surface area (Å²) in [5, 5.41) is 6.50. The van der Waals surface area contributed by atoms with E-state index in [-0.39, 0.29) is 12.1 Å². The van der Waals surface area contributed by atoms with Gasteiger partial charge in [-0.25, -0.2) is 9.78 Å². The Balaban J connectivity index is 1.75. The van der Waals surface area contributed by atoms with E-state index in [1.54, 1.807) is 11.8 Å². The highest BCUT2D eigenvalue weighted by Crippen LogP contribution is 2.30. The van der Waals surface area contributed by atoms with Crippen molar-refractivity contribution in [3.05, 3.63) is 36.0 Å². The molecule has 2 amide bonds. The number of nitrogens with one attached hydrogen (secondary N) is 1. The van der Waals surface area contributed by atoms with Gasteiger partial charge in [-0.15, -0.1) is 0 Å². The number of amides is 2. The number of anilines is 1. The average Bonchev–Trinajstić information content (AvgIpc) is 2.96. The van der Waals surface area contributed by atoms with Crippen LogP contribution >= 0.6 is 0 Å². The molecule has 2 aromatic rings. The molecule has 3 heterocycles. The molecular weight excluding hydrogens is 289 g/mol. The monoisotopic (exact) mass is 305 g/mol. The van der Waals surface area contributed by atoms with Crippen LogP contribution in [0.3, 0.4) is 0 Å². The van der Waals surface area contributed by atoms with Gasteiger partial charge in [-0.1, -0.05) is 5.16 Å². The smallest absolute Gasteiger partial charge is 0.322 e. The van der Waals surface area contributed by atoms with Crippen molar-refractivity contribution in [2.75, 3.05) is 11.9 Å². The number of piperidine rings is 1. The molecule has 0 unspecified atom stereocenters. The standard InChI is InChI=1S/C14H16FN5O2/c1-9-17-13(22-19-9)11-4-2-3-7-20(11)14(21)18-10-5-6-12(15)16-8-10/h5-6,8,11H,2-4,7H2,1H3,(H,18,21)/t11-/m0/s1. The SMILES string of the molecule is Cc1noc([C@@H]2CCCCN2C(=O)Nc2ccc(F)nc2)n1. The van der Waals surface area contributed by atoms with Gasteiger partial charge in [-0.2, -0.15) is 9.37 Å². The van der Waals surface area contributed by atoms with Crippen molar-refractivity contribution >= 4 is 11.7 Å². The van der Waals surface area contributed by atoms with Crippen LogP contribution in [0.5, 0.6) is 0 Å². The van der Waals surface area contributed by atoms with Crippen molar-refractivity contribution in [1.29, 1.82) is 0 Å². The Morgan fingerprint density at radius 1 is 1.45 bits per heavy atom. The van der Waals surface area contributed by atoms with E-state index < -0.39 is 5.95 Å². The lowest BCUT2D eigenvalue weighted by molar-refractivity contribution is 0.142. The molecule has 1 atom stereocenters. The quantitative estimate of drug-likeness (QED) is 0.862. The average molecular weight is 305 g/mol. The van der Waals surface area contributed by atoms with Gasteiger partial charge in [0.2, 0.25) is 11.8 Å². The third-order valence-corrected chi connectivity index (χ3v) is 3.57. The molecule has 0 saturated carbocycles. The predicted octanol–water partition coefficient (Wildman–Crippen LogP) is 2.67. The molecule has 0 aliphatic carbocycles. The van der Waals surface area contributed by atoms with Gasteiger partial charge in [0.15, 0.2) is 5.82 Å². The lowest BCUT2D eigenvalue weighted by atomic mass is 10.0. The maximum absolute atomic E-state index is 12.8. The van der Waals surface area contributed by atoms with Crippen LogP contribution in [-0.4, -0.2) is 32.6 Å². The molecule has 116 valence electrons. The van der Waals surface area contributed by atoms with E-state index in [1.165, 1.54) is 18.3 Å². The maximum atomic E-state index is 12.8. The number of hydrogen-bond donors (Lipinski definition) is 1. The molecule has 22 heavy (non-hydrogen) atoms. The van der Waals surface area contributed by atoms with Gasteiger partial charge in [0.25, 0.3) is 0 Å². The van der Waals surface area contributed by atoms with Gasteiger partial charge in [0.05, 0.1) is 11.9 Å². The molecule has 1 aliphatic heterocycles. The Morgan fingerprint density at radius 3 is 3.00 bits per heavy atom. The van der Waals surface area contributed by atoms with Crippen molar-refractivity contribution in [1.82, 2.24) is 20.0 Å². The second kappa shape index (κ2) is 6.08. The number of rotatable bonds is 2. The van der Waals surface area contributed by atoms with Crippen LogP contribution in [0.2, 0.25) is 0 Å². The second-order valence-electron chi connectivity index (χ2n) is 5.18. The molecule has 7 nitrogen and oxygen atoms in total. The summed E-state index contributed by atoms with van der Waals surface area (Å²) in [6.07, 6.45) is 3.96. The number of pyridine rings is 1. The largest absolute Gasteiger partial charge is 0.337 e. The van der Waals surface area contributed by atoms with Gasteiger partial charge in [0.1, 0.15) is 6.04 Å². The first-order valence-corrected chi connectivity index (χ1v) is 7.13. The minimum atomic E-state index is -0.588. The van der Waals surface area contributed by atoms with Crippen molar-refractivity contribution in [2.45, 2.75) is 32.2 Å². The predicted molar refractivity (Wildman–Crippen MR) is 75.5 cm³/mol. The Morgan fingerprint density at radius 2 is 2.32 bits per heavy atom. The number of aromatic nitrogens is 3. The maximum Gasteiger partial charge on any atom is 0.322 e. The van der Waals surface area contributed by atoms with Crippen LogP contribution in [0.1, 0.15) is 37.0 Å². The third-order valence-electron chi connectivity index (χ3n) is 3.57. The lowest BCUT2D eigenvalue weighted by Crippen LogP contribution is -2.41. The summed E-state index contributed by atoms with van der Waals surface area (Å²) < 4.78 is 18.0. The van der Waals surface area contributed by atoms with Gasteiger partial charge in [-0.3, -0.25) is 0 Å². The van der Waals surface area contributed by atoms with Gasteiger partial charge >= 0.3 is 6.03 Å². The van der Waals surface area contributed by atoms with E-state index in [0.29, 0.717) is 23.9 Å². The molecule has 2 aromatic heterocycles. The van der Waals surface area contributed by atoms with Crippen LogP contribution in [0.25, 0.3) is 0 Å². The molecule has 0 aromatic carbocycles. The van der Waals surface area contributed by atoms with Crippen molar-refractivity contribution in [3.63, 3.8) is 0 Å². The molecule has 1 aliphatic rings. The molecule has 1 N–H and O–H groups in total. The molecule has 1 saturated heterocycles. The van der Waals surface area contributed by atoms with Crippen molar-refractivity contribution < 1.29 is 13.7 Å². The first kappa shape index (κ1) is 14.4. The van der Waals surface area contributed by atoms with E-state index in [2.05, 4.69) is 20.4 Å². The molecule has 1 fully saturated rings. The number of carbonyl (C=O) groups excluding carboxylic acids is 1. The van der Waals surface area contributed by atoms with E-state index >= 15 is 0 Å². The summed E-state index contributed by atoms with van der Waals surface area (Å²) in [6, 6.07) is 2.15. The van der Waals surface area contributed by atoms with E-state index in [0.717, 1.165) is 19.3 Å². The van der Waals surface area contributed by atoms with E-state index in [1.807, 2.05) is 0 Å². The fourth-order valence-corrected chi connectivity index (χ4v) is 2.52. The van der Waals surface area contributed by atoms with E-state index in [9.17, 15) is 9.18 Å². The lowest BCUT2D eigenvalue weighted by Gasteiger charge is -2.33. The molecule has 8 heteroatoms. The summed E-state index contributed by atoms with van der Waals surface area (Å²) in [5.41, 5.74) is 0.442. The van der Waals surface area contributed by atoms with Gasteiger partial charge in [-0.05, 0) is 38.3 Å². The summed E-state index contributed by atoms with van der Waals surface area (Å²) in [4.78, 5) is 21.9. The van der Waals surface area contributed by atoms with Crippen LogP contribution < -0.4 is 5.32 Å². The Labute approximate surface area is 126 Å². The summed E-state index contributed by atoms with van der Waals surface area (Å²) >= 11 is 0. The van der Waals surface area contributed by atoms with E-state index in [4.69, 9.17) is 4.52 Å². The number of carbonyl (C=O) groups is 1. The third kappa shape index (κ3) is 3.05.